The number of nitrogens with zero attached hydrogens (tertiary/aromatic N) is 6. The van der Waals surface area contributed by atoms with E-state index in [1.54, 1.807) is 11.0 Å². The maximum atomic E-state index is 13.3. The SMILES string of the molecule is CC(C)c1cc(C(=O)N2Cc3ccc(Br)cc3C2)c(O)cc1OC(=O)c1ncn2c(=O)n(C)nnc12. The number of ether oxygens (including phenoxy) is 1. The van der Waals surface area contributed by atoms with Crippen molar-refractivity contribution in [1.82, 2.24) is 29.3 Å². The average Bonchev–Trinajstić information content (AvgIpc) is 3.45. The number of aryl methyl sites for hydroxylation is 1. The highest BCUT2D eigenvalue weighted by atomic mass is 79.9. The van der Waals surface area contributed by atoms with Crippen molar-refractivity contribution in [3.8, 4) is 11.5 Å². The van der Waals surface area contributed by atoms with Crippen molar-refractivity contribution in [2.45, 2.75) is 32.9 Å². The Balaban J connectivity index is 1.45. The molecular formula is C24H21BrN6O5. The van der Waals surface area contributed by atoms with Gasteiger partial charge in [-0.3, -0.25) is 4.79 Å². The summed E-state index contributed by atoms with van der Waals surface area (Å²) in [6.07, 6.45) is 1.16. The Hall–Kier alpha value is -4.06. The van der Waals surface area contributed by atoms with E-state index in [-0.39, 0.29) is 40.2 Å². The lowest BCUT2D eigenvalue weighted by Crippen LogP contribution is -2.27. The third-order valence-corrected chi connectivity index (χ3v) is 6.55. The molecule has 0 spiro atoms. The fraction of sp³-hybridized carbons (Fsp3) is 0.250. The molecule has 2 aromatic heterocycles. The topological polar surface area (TPSA) is 132 Å². The number of phenols is 1. The van der Waals surface area contributed by atoms with Crippen LogP contribution >= 0.6 is 15.9 Å². The van der Waals surface area contributed by atoms with Crippen LogP contribution in [0.15, 0.2) is 45.9 Å². The second-order valence-electron chi connectivity index (χ2n) is 8.81. The summed E-state index contributed by atoms with van der Waals surface area (Å²) in [4.78, 5) is 44.0. The molecule has 1 N–H and O–H groups in total. The van der Waals surface area contributed by atoms with Crippen molar-refractivity contribution in [1.29, 1.82) is 0 Å². The summed E-state index contributed by atoms with van der Waals surface area (Å²) in [5.74, 6) is -1.58. The van der Waals surface area contributed by atoms with Gasteiger partial charge in [0, 0.05) is 30.7 Å². The molecule has 0 atom stereocenters. The molecule has 12 heteroatoms. The Labute approximate surface area is 213 Å². The molecule has 0 saturated heterocycles. The van der Waals surface area contributed by atoms with E-state index in [9.17, 15) is 19.5 Å². The van der Waals surface area contributed by atoms with Crippen LogP contribution in [0.25, 0.3) is 5.65 Å². The molecule has 184 valence electrons. The standard InChI is InChI=1S/C24H21BrN6O5/c1-12(2)16-7-17(22(33)30-9-13-4-5-15(25)6-14(13)10-30)18(32)8-19(16)36-23(34)20-21-27-28-29(3)24(35)31(21)11-26-20/h4-8,11-12,32H,9-10H2,1-3H3. The highest BCUT2D eigenvalue weighted by molar-refractivity contribution is 9.10. The summed E-state index contributed by atoms with van der Waals surface area (Å²) in [7, 11) is 1.42. The van der Waals surface area contributed by atoms with E-state index >= 15 is 0 Å². The smallest absolute Gasteiger partial charge is 0.366 e. The van der Waals surface area contributed by atoms with Gasteiger partial charge in [-0.15, -0.1) is 5.10 Å². The Morgan fingerprint density at radius 1 is 1.14 bits per heavy atom. The van der Waals surface area contributed by atoms with Crippen LogP contribution in [0.2, 0.25) is 0 Å². The van der Waals surface area contributed by atoms with Gasteiger partial charge in [0.1, 0.15) is 17.8 Å². The Kier molecular flexibility index (Phi) is 5.83. The average molecular weight is 553 g/mol. The Morgan fingerprint density at radius 3 is 2.64 bits per heavy atom. The zero-order valence-corrected chi connectivity index (χ0v) is 21.2. The summed E-state index contributed by atoms with van der Waals surface area (Å²) in [6, 6.07) is 8.67. The van der Waals surface area contributed by atoms with Gasteiger partial charge in [0.25, 0.3) is 5.91 Å². The van der Waals surface area contributed by atoms with Gasteiger partial charge in [-0.2, -0.15) is 4.68 Å². The minimum Gasteiger partial charge on any atom is -0.507 e. The van der Waals surface area contributed by atoms with Gasteiger partial charge in [-0.05, 0) is 40.8 Å². The first-order valence-electron chi connectivity index (χ1n) is 11.1. The molecule has 11 nitrogen and oxygen atoms in total. The number of rotatable bonds is 4. The number of hydrogen-bond donors (Lipinski definition) is 1. The maximum absolute atomic E-state index is 13.3. The number of carbonyl (C=O) groups is 2. The van der Waals surface area contributed by atoms with Gasteiger partial charge >= 0.3 is 11.7 Å². The molecule has 4 aromatic rings. The highest BCUT2D eigenvalue weighted by Gasteiger charge is 2.28. The van der Waals surface area contributed by atoms with Gasteiger partial charge in [0.2, 0.25) is 0 Å². The fourth-order valence-electron chi connectivity index (χ4n) is 4.15. The number of aromatic nitrogens is 5. The number of imidazole rings is 1. The zero-order chi connectivity index (χ0) is 25.7. The van der Waals surface area contributed by atoms with Gasteiger partial charge in [-0.25, -0.2) is 19.0 Å². The third-order valence-electron chi connectivity index (χ3n) is 6.05. The van der Waals surface area contributed by atoms with Crippen LogP contribution in [-0.4, -0.2) is 46.3 Å². The lowest BCUT2D eigenvalue weighted by Gasteiger charge is -2.19. The predicted molar refractivity (Wildman–Crippen MR) is 131 cm³/mol. The van der Waals surface area contributed by atoms with E-state index in [1.807, 2.05) is 32.0 Å². The normalized spacial score (nSPS) is 12.9. The molecule has 1 aliphatic rings. The molecule has 0 unspecified atom stereocenters. The fourth-order valence-corrected chi connectivity index (χ4v) is 4.56. The summed E-state index contributed by atoms with van der Waals surface area (Å²) >= 11 is 3.45. The number of amides is 1. The van der Waals surface area contributed by atoms with E-state index < -0.39 is 11.7 Å². The molecule has 3 heterocycles. The Morgan fingerprint density at radius 2 is 1.89 bits per heavy atom. The second-order valence-corrected chi connectivity index (χ2v) is 9.72. The first-order valence-corrected chi connectivity index (χ1v) is 11.9. The van der Waals surface area contributed by atoms with Crippen LogP contribution < -0.4 is 10.4 Å². The van der Waals surface area contributed by atoms with Gasteiger partial charge in [0.15, 0.2) is 11.3 Å². The van der Waals surface area contributed by atoms with E-state index in [0.717, 1.165) is 31.0 Å². The molecule has 2 aromatic carbocycles. The minimum atomic E-state index is -0.874. The molecule has 1 aliphatic heterocycles. The molecule has 0 fully saturated rings. The number of benzene rings is 2. The van der Waals surface area contributed by atoms with Crippen LogP contribution in [0.1, 0.15) is 57.3 Å². The minimum absolute atomic E-state index is 0.0505. The van der Waals surface area contributed by atoms with Crippen LogP contribution in [0.5, 0.6) is 11.5 Å². The maximum Gasteiger partial charge on any atom is 0.366 e. The van der Waals surface area contributed by atoms with Crippen molar-refractivity contribution < 1.29 is 19.4 Å². The predicted octanol–water partition coefficient (Wildman–Crippen LogP) is 2.79. The zero-order valence-electron chi connectivity index (χ0n) is 19.6. The molecule has 0 radical (unpaired) electrons. The Bertz CT molecular complexity index is 1610. The first kappa shape index (κ1) is 23.7. The molecule has 0 bridgehead atoms. The quantitative estimate of drug-likeness (QED) is 0.302. The van der Waals surface area contributed by atoms with Gasteiger partial charge < -0.3 is 14.7 Å². The van der Waals surface area contributed by atoms with Crippen molar-refractivity contribution >= 4 is 33.5 Å². The van der Waals surface area contributed by atoms with Crippen molar-refractivity contribution in [3.05, 3.63) is 79.6 Å². The lowest BCUT2D eigenvalue weighted by atomic mass is 9.98. The number of hydrogen-bond acceptors (Lipinski definition) is 8. The van der Waals surface area contributed by atoms with Crippen molar-refractivity contribution in [3.63, 3.8) is 0 Å². The molecule has 5 rings (SSSR count). The number of phenolic OH excluding ortho intramolecular Hbond substituents is 1. The van der Waals surface area contributed by atoms with E-state index in [4.69, 9.17) is 4.74 Å². The van der Waals surface area contributed by atoms with E-state index in [1.165, 1.54) is 13.1 Å². The summed E-state index contributed by atoms with van der Waals surface area (Å²) < 4.78 is 8.57. The van der Waals surface area contributed by atoms with Crippen LogP contribution in [0.4, 0.5) is 0 Å². The number of carbonyl (C=O) groups excluding carboxylic acids is 2. The number of esters is 1. The van der Waals surface area contributed by atoms with Crippen LogP contribution in [0, 0.1) is 0 Å². The van der Waals surface area contributed by atoms with Crippen LogP contribution in [-0.2, 0) is 20.1 Å². The largest absolute Gasteiger partial charge is 0.507 e. The first-order chi connectivity index (χ1) is 17.1. The molecule has 0 saturated carbocycles. The summed E-state index contributed by atoms with van der Waals surface area (Å²) in [5.41, 5.74) is 1.98. The number of fused-ring (bicyclic) bond motifs is 2. The van der Waals surface area contributed by atoms with Crippen LogP contribution in [0.3, 0.4) is 0 Å². The number of aromatic hydroxyl groups is 1. The van der Waals surface area contributed by atoms with Gasteiger partial charge in [-0.1, -0.05) is 41.1 Å². The summed E-state index contributed by atoms with van der Waals surface area (Å²) in [5, 5.41) is 18.3. The van der Waals surface area contributed by atoms with E-state index in [2.05, 4.69) is 31.2 Å². The third kappa shape index (κ3) is 4.02. The van der Waals surface area contributed by atoms with Crippen molar-refractivity contribution in [2.75, 3.05) is 0 Å². The molecular weight excluding hydrogens is 532 g/mol. The molecule has 36 heavy (non-hydrogen) atoms. The van der Waals surface area contributed by atoms with E-state index in [0.29, 0.717) is 18.7 Å². The lowest BCUT2D eigenvalue weighted by molar-refractivity contribution is 0.0728. The van der Waals surface area contributed by atoms with Gasteiger partial charge in [0.05, 0.1) is 5.56 Å². The number of halogens is 1. The highest BCUT2D eigenvalue weighted by Crippen LogP contribution is 2.36. The second kappa shape index (κ2) is 8.86. The van der Waals surface area contributed by atoms with Crippen molar-refractivity contribution in [2.24, 2.45) is 7.05 Å². The summed E-state index contributed by atoms with van der Waals surface area (Å²) in [6.45, 7) is 4.61. The molecule has 0 aliphatic carbocycles. The monoisotopic (exact) mass is 552 g/mol. The molecule has 1 amide bonds.